The average molecular weight is 174 g/mol. The maximum Gasteiger partial charge on any atom is 1.00 e. The van der Waals surface area contributed by atoms with Crippen LogP contribution in [0, 0.1) is 6.92 Å². The van der Waals surface area contributed by atoms with Crippen LogP contribution in [0.2, 0.25) is 0 Å². The van der Waals surface area contributed by atoms with Crippen LogP contribution in [0.4, 0.5) is 0 Å². The molecule has 12 heavy (non-hydrogen) atoms. The fraction of sp³-hybridized carbons (Fsp3) is 0.300. The third-order valence-electron chi connectivity index (χ3n) is 0.843. The first-order valence-electron chi connectivity index (χ1n) is 3.68. The Balaban J connectivity index is 0. The summed E-state index contributed by atoms with van der Waals surface area (Å²) >= 11 is 0. The Morgan fingerprint density at radius 1 is 1.17 bits per heavy atom. The van der Waals surface area contributed by atoms with Gasteiger partial charge in [0.05, 0.1) is 0 Å². The zero-order valence-electron chi connectivity index (χ0n) is 8.12. The molecular weight excluding hydrogens is 159 g/mol. The predicted molar refractivity (Wildman–Crippen MR) is 48.3 cm³/mol. The SMILES string of the molecule is CC(C)O.[CH2-]c1ccccc1.[Na+]. The molecule has 0 radical (unpaired) electrons. The van der Waals surface area contributed by atoms with E-state index in [0.29, 0.717) is 0 Å². The molecule has 0 saturated heterocycles. The molecule has 0 amide bonds. The van der Waals surface area contributed by atoms with Crippen molar-refractivity contribution in [2.45, 2.75) is 20.0 Å². The molecule has 1 aromatic rings. The van der Waals surface area contributed by atoms with Crippen molar-refractivity contribution in [3.63, 3.8) is 0 Å². The molecule has 2 heteroatoms. The van der Waals surface area contributed by atoms with Gasteiger partial charge in [0.2, 0.25) is 0 Å². The Labute approximate surface area is 97.1 Å². The van der Waals surface area contributed by atoms with Gasteiger partial charge in [-0.1, -0.05) is 6.07 Å². The number of hydrogen-bond donors (Lipinski definition) is 1. The van der Waals surface area contributed by atoms with Gasteiger partial charge in [0.1, 0.15) is 0 Å². The minimum absolute atomic E-state index is 0. The van der Waals surface area contributed by atoms with E-state index in [1.165, 1.54) is 0 Å². The summed E-state index contributed by atoms with van der Waals surface area (Å²) < 4.78 is 0. The van der Waals surface area contributed by atoms with E-state index < -0.39 is 0 Å². The Hall–Kier alpha value is 0.0500. The molecule has 0 aliphatic carbocycles. The van der Waals surface area contributed by atoms with Crippen LogP contribution in [0.3, 0.4) is 0 Å². The minimum atomic E-state index is -0.167. The van der Waals surface area contributed by atoms with Gasteiger partial charge < -0.3 is 5.11 Å². The Kier molecular flexibility index (Phi) is 11.1. The van der Waals surface area contributed by atoms with Crippen LogP contribution in [0.5, 0.6) is 0 Å². The van der Waals surface area contributed by atoms with Gasteiger partial charge in [0.25, 0.3) is 0 Å². The van der Waals surface area contributed by atoms with Crippen LogP contribution in [-0.4, -0.2) is 11.2 Å². The summed E-state index contributed by atoms with van der Waals surface area (Å²) in [6.07, 6.45) is -0.167. The number of aliphatic hydroxyl groups is 1. The molecule has 1 nitrogen and oxygen atoms in total. The molecule has 1 rings (SSSR count). The van der Waals surface area contributed by atoms with Crippen molar-refractivity contribution in [2.75, 3.05) is 0 Å². The van der Waals surface area contributed by atoms with Gasteiger partial charge in [-0.25, -0.2) is 0 Å². The molecule has 1 aromatic carbocycles. The molecule has 0 fully saturated rings. The summed E-state index contributed by atoms with van der Waals surface area (Å²) in [6.45, 7) is 7.16. The number of benzene rings is 1. The first-order chi connectivity index (χ1) is 5.13. The van der Waals surface area contributed by atoms with E-state index >= 15 is 0 Å². The molecule has 0 spiro atoms. The number of hydrogen-bond acceptors (Lipinski definition) is 1. The third kappa shape index (κ3) is 12.7. The standard InChI is InChI=1S/C7H7.C3H8O.Na/c1-7-5-3-2-4-6-7;1-3(2)4;/h2-6H,1H2;3-4H,1-2H3;/q-1;;+1. The van der Waals surface area contributed by atoms with Crippen molar-refractivity contribution in [1.29, 1.82) is 0 Å². The van der Waals surface area contributed by atoms with Gasteiger partial charge in [-0.15, -0.1) is 12.1 Å². The second-order valence-electron chi connectivity index (χ2n) is 2.58. The summed E-state index contributed by atoms with van der Waals surface area (Å²) in [5.74, 6) is 0. The molecule has 0 bridgehead atoms. The molecule has 1 N–H and O–H groups in total. The monoisotopic (exact) mass is 174 g/mol. The molecule has 0 unspecified atom stereocenters. The first kappa shape index (κ1) is 14.6. The van der Waals surface area contributed by atoms with Crippen LogP contribution < -0.4 is 29.6 Å². The van der Waals surface area contributed by atoms with E-state index in [-0.39, 0.29) is 35.7 Å². The fourth-order valence-electron chi connectivity index (χ4n) is 0.478. The van der Waals surface area contributed by atoms with E-state index in [1.807, 2.05) is 30.3 Å². The van der Waals surface area contributed by atoms with Crippen molar-refractivity contribution in [3.05, 3.63) is 42.8 Å². The van der Waals surface area contributed by atoms with Gasteiger partial charge in [-0.05, 0) is 13.8 Å². The van der Waals surface area contributed by atoms with Gasteiger partial charge >= 0.3 is 29.6 Å². The topological polar surface area (TPSA) is 20.2 Å². The van der Waals surface area contributed by atoms with Gasteiger partial charge in [-0.3, -0.25) is 0 Å². The van der Waals surface area contributed by atoms with Crippen molar-refractivity contribution in [3.8, 4) is 0 Å². The van der Waals surface area contributed by atoms with Crippen LogP contribution in [0.1, 0.15) is 19.4 Å². The van der Waals surface area contributed by atoms with E-state index in [0.717, 1.165) is 5.56 Å². The second-order valence-corrected chi connectivity index (χ2v) is 2.58. The Morgan fingerprint density at radius 3 is 1.67 bits per heavy atom. The summed E-state index contributed by atoms with van der Waals surface area (Å²) in [5, 5.41) is 8.06. The summed E-state index contributed by atoms with van der Waals surface area (Å²) in [6, 6.07) is 9.87. The van der Waals surface area contributed by atoms with Gasteiger partial charge in [-0.2, -0.15) is 24.6 Å². The molecule has 0 heterocycles. The van der Waals surface area contributed by atoms with E-state index in [4.69, 9.17) is 5.11 Å². The number of aliphatic hydroxyl groups excluding tert-OH is 1. The molecule has 62 valence electrons. The predicted octanol–water partition coefficient (Wildman–Crippen LogP) is -0.740. The van der Waals surface area contributed by atoms with Gasteiger partial charge in [0.15, 0.2) is 0 Å². The Bertz CT molecular complexity index is 170. The van der Waals surface area contributed by atoms with Crippen LogP contribution in [0.25, 0.3) is 0 Å². The quantitative estimate of drug-likeness (QED) is 0.406. The zero-order chi connectivity index (χ0) is 8.69. The summed E-state index contributed by atoms with van der Waals surface area (Å²) in [7, 11) is 0. The van der Waals surface area contributed by atoms with Crippen molar-refractivity contribution in [1.82, 2.24) is 0 Å². The van der Waals surface area contributed by atoms with Crippen molar-refractivity contribution in [2.24, 2.45) is 0 Å². The molecule has 0 saturated carbocycles. The molecular formula is C10H15NaO. The third-order valence-corrected chi connectivity index (χ3v) is 0.843. The average Bonchev–Trinajstić information content (AvgIpc) is 1.87. The zero-order valence-corrected chi connectivity index (χ0v) is 10.1. The largest absolute Gasteiger partial charge is 1.00 e. The number of rotatable bonds is 0. The smallest absolute Gasteiger partial charge is 0.394 e. The fourth-order valence-corrected chi connectivity index (χ4v) is 0.478. The maximum absolute atomic E-state index is 8.06. The summed E-state index contributed by atoms with van der Waals surface area (Å²) in [5.41, 5.74) is 1.07. The molecule has 0 aliphatic heterocycles. The van der Waals surface area contributed by atoms with Crippen LogP contribution in [0.15, 0.2) is 30.3 Å². The Morgan fingerprint density at radius 2 is 1.50 bits per heavy atom. The maximum atomic E-state index is 8.06. The van der Waals surface area contributed by atoms with Crippen molar-refractivity contribution >= 4 is 0 Å². The molecule has 0 atom stereocenters. The van der Waals surface area contributed by atoms with Crippen LogP contribution in [-0.2, 0) is 0 Å². The van der Waals surface area contributed by atoms with E-state index in [1.54, 1.807) is 13.8 Å². The van der Waals surface area contributed by atoms with E-state index in [2.05, 4.69) is 6.92 Å². The summed E-state index contributed by atoms with van der Waals surface area (Å²) in [4.78, 5) is 0. The van der Waals surface area contributed by atoms with E-state index in [9.17, 15) is 0 Å². The second kappa shape index (κ2) is 9.14. The minimum Gasteiger partial charge on any atom is -0.394 e. The molecule has 0 aliphatic rings. The van der Waals surface area contributed by atoms with Crippen LogP contribution >= 0.6 is 0 Å². The first-order valence-corrected chi connectivity index (χ1v) is 3.68. The van der Waals surface area contributed by atoms with Gasteiger partial charge in [0, 0.05) is 6.10 Å². The normalized spacial score (nSPS) is 8.00. The van der Waals surface area contributed by atoms with Crippen molar-refractivity contribution < 1.29 is 34.7 Å². The molecule has 0 aromatic heterocycles.